The van der Waals surface area contributed by atoms with Gasteiger partial charge in [0.1, 0.15) is 0 Å². The average Bonchev–Trinajstić information content (AvgIpc) is 2.60. The van der Waals surface area contributed by atoms with Gasteiger partial charge in [-0.25, -0.2) is 8.42 Å². The monoisotopic (exact) mass is 336 g/mol. The summed E-state index contributed by atoms with van der Waals surface area (Å²) in [5, 5.41) is 10.7. The van der Waals surface area contributed by atoms with Crippen LogP contribution in [0, 0.1) is 18.3 Å². The summed E-state index contributed by atoms with van der Waals surface area (Å²) >= 11 is 0. The molecule has 0 bridgehead atoms. The van der Waals surface area contributed by atoms with Crippen LogP contribution in [-0.2, 0) is 10.0 Å². The number of hydrogen-bond acceptors (Lipinski definition) is 3. The molecule has 24 heavy (non-hydrogen) atoms. The molecule has 0 spiro atoms. The van der Waals surface area contributed by atoms with Crippen LogP contribution in [0.5, 0.6) is 0 Å². The summed E-state index contributed by atoms with van der Waals surface area (Å²) in [5.74, 6) is 0. The van der Waals surface area contributed by atoms with E-state index in [1.165, 1.54) is 11.4 Å². The standard InChI is InChI=1S/C19H16N2O2S/c1-14-7-10-16(11-8-14)24(22,23)21(2)19-12-9-15(13-20)17-5-3-4-6-18(17)19/h3-12H,1-2H3. The van der Waals surface area contributed by atoms with Gasteiger partial charge in [0.2, 0.25) is 0 Å². The van der Waals surface area contributed by atoms with Gasteiger partial charge in [0.25, 0.3) is 10.0 Å². The van der Waals surface area contributed by atoms with Crippen molar-refractivity contribution in [2.75, 3.05) is 11.4 Å². The topological polar surface area (TPSA) is 61.2 Å². The number of aryl methyl sites for hydroxylation is 1. The van der Waals surface area contributed by atoms with E-state index in [4.69, 9.17) is 0 Å². The summed E-state index contributed by atoms with van der Waals surface area (Å²) in [6.45, 7) is 1.91. The van der Waals surface area contributed by atoms with Crippen LogP contribution in [0.15, 0.2) is 65.6 Å². The van der Waals surface area contributed by atoms with Crippen molar-refractivity contribution in [3.8, 4) is 6.07 Å². The third kappa shape index (κ3) is 2.61. The quantitative estimate of drug-likeness (QED) is 0.730. The minimum Gasteiger partial charge on any atom is -0.269 e. The molecule has 0 aliphatic carbocycles. The lowest BCUT2D eigenvalue weighted by Gasteiger charge is -2.21. The molecule has 0 aromatic heterocycles. The maximum absolute atomic E-state index is 12.9. The Morgan fingerprint density at radius 3 is 2.17 bits per heavy atom. The van der Waals surface area contributed by atoms with Crippen LogP contribution in [0.2, 0.25) is 0 Å². The summed E-state index contributed by atoms with van der Waals surface area (Å²) in [4.78, 5) is 0.240. The van der Waals surface area contributed by atoms with Gasteiger partial charge >= 0.3 is 0 Å². The van der Waals surface area contributed by atoms with Crippen molar-refractivity contribution in [1.29, 1.82) is 5.26 Å². The van der Waals surface area contributed by atoms with Gasteiger partial charge in [-0.1, -0.05) is 42.0 Å². The lowest BCUT2D eigenvalue weighted by atomic mass is 10.0. The van der Waals surface area contributed by atoms with E-state index in [0.717, 1.165) is 16.3 Å². The highest BCUT2D eigenvalue weighted by Crippen LogP contribution is 2.31. The highest BCUT2D eigenvalue weighted by Gasteiger charge is 2.23. The van der Waals surface area contributed by atoms with Crippen LogP contribution < -0.4 is 4.31 Å². The summed E-state index contributed by atoms with van der Waals surface area (Å²) < 4.78 is 27.1. The molecular formula is C19H16N2O2S. The minimum absolute atomic E-state index is 0.240. The highest BCUT2D eigenvalue weighted by atomic mass is 32.2. The Labute approximate surface area is 141 Å². The fourth-order valence-electron chi connectivity index (χ4n) is 2.65. The maximum atomic E-state index is 12.9. The first-order chi connectivity index (χ1) is 11.4. The molecule has 0 aliphatic heterocycles. The molecule has 3 rings (SSSR count). The van der Waals surface area contributed by atoms with E-state index < -0.39 is 10.0 Å². The van der Waals surface area contributed by atoms with E-state index >= 15 is 0 Å². The van der Waals surface area contributed by atoms with Gasteiger partial charge in [-0.15, -0.1) is 0 Å². The largest absolute Gasteiger partial charge is 0.269 e. The Morgan fingerprint density at radius 1 is 0.917 bits per heavy atom. The van der Waals surface area contributed by atoms with Gasteiger partial charge in [0.05, 0.1) is 22.2 Å². The van der Waals surface area contributed by atoms with Gasteiger partial charge in [-0.05, 0) is 31.2 Å². The molecule has 0 atom stereocenters. The van der Waals surface area contributed by atoms with E-state index in [0.29, 0.717) is 11.3 Å². The van der Waals surface area contributed by atoms with Crippen LogP contribution in [0.4, 0.5) is 5.69 Å². The minimum atomic E-state index is -3.67. The fraction of sp³-hybridized carbons (Fsp3) is 0.105. The first-order valence-corrected chi connectivity index (χ1v) is 8.86. The first kappa shape index (κ1) is 16.0. The molecule has 0 amide bonds. The van der Waals surface area contributed by atoms with Crippen LogP contribution in [0.3, 0.4) is 0 Å². The predicted octanol–water partition coefficient (Wildman–Crippen LogP) is 3.85. The van der Waals surface area contributed by atoms with Crippen molar-refractivity contribution in [3.05, 3.63) is 71.8 Å². The van der Waals surface area contributed by atoms with Crippen LogP contribution in [0.25, 0.3) is 10.8 Å². The van der Waals surface area contributed by atoms with Crippen molar-refractivity contribution in [2.45, 2.75) is 11.8 Å². The Balaban J connectivity index is 2.17. The van der Waals surface area contributed by atoms with Crippen LogP contribution >= 0.6 is 0 Å². The van der Waals surface area contributed by atoms with E-state index in [1.54, 1.807) is 36.4 Å². The lowest BCUT2D eigenvalue weighted by Crippen LogP contribution is -2.26. The van der Waals surface area contributed by atoms with E-state index in [9.17, 15) is 13.7 Å². The number of sulfonamides is 1. The Bertz CT molecular complexity index is 1050. The first-order valence-electron chi connectivity index (χ1n) is 7.42. The van der Waals surface area contributed by atoms with E-state index in [1.807, 2.05) is 31.2 Å². The zero-order valence-electron chi connectivity index (χ0n) is 13.4. The van der Waals surface area contributed by atoms with Gasteiger partial charge in [0.15, 0.2) is 0 Å². The third-order valence-corrected chi connectivity index (χ3v) is 5.83. The molecule has 0 fully saturated rings. The smallest absolute Gasteiger partial charge is 0.264 e. The number of hydrogen-bond donors (Lipinski definition) is 0. The number of nitrogens with zero attached hydrogens (tertiary/aromatic N) is 2. The van der Waals surface area contributed by atoms with Crippen LogP contribution in [0.1, 0.15) is 11.1 Å². The molecule has 0 saturated heterocycles. The number of anilines is 1. The molecule has 0 unspecified atom stereocenters. The summed E-state index contributed by atoms with van der Waals surface area (Å²) in [6, 6.07) is 19.5. The van der Waals surface area contributed by atoms with Gasteiger partial charge in [-0.2, -0.15) is 5.26 Å². The van der Waals surface area contributed by atoms with Gasteiger partial charge in [-0.3, -0.25) is 4.31 Å². The fourth-order valence-corrected chi connectivity index (χ4v) is 3.87. The molecule has 0 radical (unpaired) electrons. The molecule has 3 aromatic carbocycles. The Morgan fingerprint density at radius 2 is 1.54 bits per heavy atom. The summed E-state index contributed by atoms with van der Waals surface area (Å²) in [6.07, 6.45) is 0. The van der Waals surface area contributed by atoms with E-state index in [-0.39, 0.29) is 4.90 Å². The summed E-state index contributed by atoms with van der Waals surface area (Å²) in [5.41, 5.74) is 2.07. The highest BCUT2D eigenvalue weighted by molar-refractivity contribution is 7.92. The molecule has 3 aromatic rings. The molecular weight excluding hydrogens is 320 g/mol. The molecule has 0 saturated carbocycles. The molecule has 0 aliphatic rings. The van der Waals surface area contributed by atoms with Crippen molar-refractivity contribution < 1.29 is 8.42 Å². The van der Waals surface area contributed by atoms with Crippen molar-refractivity contribution in [3.63, 3.8) is 0 Å². The van der Waals surface area contributed by atoms with Crippen molar-refractivity contribution in [1.82, 2.24) is 0 Å². The predicted molar refractivity (Wildman–Crippen MR) is 95.4 cm³/mol. The molecule has 0 N–H and O–H groups in total. The average molecular weight is 336 g/mol. The van der Waals surface area contributed by atoms with E-state index in [2.05, 4.69) is 6.07 Å². The molecule has 0 heterocycles. The maximum Gasteiger partial charge on any atom is 0.264 e. The summed E-state index contributed by atoms with van der Waals surface area (Å²) in [7, 11) is -2.14. The second-order valence-corrected chi connectivity index (χ2v) is 7.54. The third-order valence-electron chi connectivity index (χ3n) is 4.04. The molecule has 120 valence electrons. The number of rotatable bonds is 3. The zero-order valence-corrected chi connectivity index (χ0v) is 14.2. The SMILES string of the molecule is Cc1ccc(S(=O)(=O)N(C)c2ccc(C#N)c3ccccc23)cc1. The normalized spacial score (nSPS) is 11.2. The van der Waals surface area contributed by atoms with Crippen LogP contribution in [-0.4, -0.2) is 15.5 Å². The number of nitriles is 1. The Hall–Kier alpha value is -2.84. The Kier molecular flexibility index (Phi) is 4.00. The second kappa shape index (κ2) is 5.99. The van der Waals surface area contributed by atoms with Gasteiger partial charge in [0, 0.05) is 17.8 Å². The molecule has 4 nitrogen and oxygen atoms in total. The second-order valence-electron chi connectivity index (χ2n) is 5.58. The van der Waals surface area contributed by atoms with Gasteiger partial charge < -0.3 is 0 Å². The van der Waals surface area contributed by atoms with Crippen molar-refractivity contribution >= 4 is 26.5 Å². The zero-order chi connectivity index (χ0) is 17.3. The lowest BCUT2D eigenvalue weighted by molar-refractivity contribution is 0.594. The molecule has 5 heteroatoms. The van der Waals surface area contributed by atoms with Crippen molar-refractivity contribution in [2.24, 2.45) is 0 Å². The number of fused-ring (bicyclic) bond motifs is 1. The number of benzene rings is 3.